The lowest BCUT2D eigenvalue weighted by Crippen LogP contribution is -2.44. The minimum absolute atomic E-state index is 0.0529. The average molecular weight is 525 g/mol. The van der Waals surface area contributed by atoms with E-state index in [2.05, 4.69) is 10.6 Å². The first-order chi connectivity index (χ1) is 19.0. The molecule has 0 aliphatic rings. The van der Waals surface area contributed by atoms with Crippen LogP contribution >= 0.6 is 0 Å². The smallest absolute Gasteiger partial charge is 0.408 e. The summed E-state index contributed by atoms with van der Waals surface area (Å²) in [6, 6.07) is 33.4. The Kier molecular flexibility index (Phi) is 9.67. The number of alkyl carbamates (subject to hydrolysis) is 1. The highest BCUT2D eigenvalue weighted by Crippen LogP contribution is 2.22. The Balaban J connectivity index is 1.29. The molecule has 0 unspecified atom stereocenters. The van der Waals surface area contributed by atoms with Crippen molar-refractivity contribution in [1.82, 2.24) is 5.32 Å². The molecule has 0 radical (unpaired) electrons. The van der Waals surface area contributed by atoms with E-state index in [9.17, 15) is 14.4 Å². The Morgan fingerprint density at radius 3 is 1.85 bits per heavy atom. The molecule has 0 saturated carbocycles. The van der Waals surface area contributed by atoms with Crippen molar-refractivity contribution in [1.29, 1.82) is 0 Å². The lowest BCUT2D eigenvalue weighted by Gasteiger charge is -2.18. The van der Waals surface area contributed by atoms with Gasteiger partial charge in [0.15, 0.2) is 6.61 Å². The van der Waals surface area contributed by atoms with Gasteiger partial charge in [0.25, 0.3) is 5.91 Å². The summed E-state index contributed by atoms with van der Waals surface area (Å²) in [4.78, 5) is 37.7. The predicted octanol–water partition coefficient (Wildman–Crippen LogP) is 5.50. The Bertz CT molecular complexity index is 1350. The molecule has 0 heterocycles. The maximum atomic E-state index is 12.8. The molecule has 0 saturated heterocycles. The van der Waals surface area contributed by atoms with Crippen LogP contribution in [0.15, 0.2) is 115 Å². The average Bonchev–Trinajstić information content (AvgIpc) is 2.97. The zero-order valence-electron chi connectivity index (χ0n) is 21.1. The van der Waals surface area contributed by atoms with Gasteiger partial charge in [-0.1, -0.05) is 78.9 Å². The van der Waals surface area contributed by atoms with Gasteiger partial charge in [-0.15, -0.1) is 0 Å². The molecule has 4 aromatic carbocycles. The second-order valence-electron chi connectivity index (χ2n) is 8.54. The summed E-state index contributed by atoms with van der Waals surface area (Å²) in [7, 11) is 0. The molecule has 0 aromatic heterocycles. The summed E-state index contributed by atoms with van der Waals surface area (Å²) in [5.74, 6) is 0.0332. The fourth-order valence-electron chi connectivity index (χ4n) is 3.62. The molecule has 198 valence electrons. The van der Waals surface area contributed by atoms with Crippen LogP contribution in [0.2, 0.25) is 0 Å². The second kappa shape index (κ2) is 14.0. The molecule has 2 amide bonds. The number of carbonyl (C=O) groups is 3. The number of carbonyl (C=O) groups excluding carboxylic acids is 3. The maximum absolute atomic E-state index is 12.8. The summed E-state index contributed by atoms with van der Waals surface area (Å²) in [6.45, 7) is -0.468. The summed E-state index contributed by atoms with van der Waals surface area (Å²) in [5.41, 5.74) is 2.14. The lowest BCUT2D eigenvalue weighted by atomic mass is 10.1. The van der Waals surface area contributed by atoms with E-state index < -0.39 is 30.6 Å². The van der Waals surface area contributed by atoms with Crippen molar-refractivity contribution in [2.45, 2.75) is 19.1 Å². The molecule has 4 rings (SSSR count). The van der Waals surface area contributed by atoms with Gasteiger partial charge in [0, 0.05) is 12.1 Å². The van der Waals surface area contributed by atoms with E-state index in [0.29, 0.717) is 17.2 Å². The summed E-state index contributed by atoms with van der Waals surface area (Å²) < 4.78 is 16.2. The first-order valence-corrected chi connectivity index (χ1v) is 12.4. The van der Waals surface area contributed by atoms with Crippen LogP contribution in [0.5, 0.6) is 11.5 Å². The third-order valence-electron chi connectivity index (χ3n) is 5.53. The van der Waals surface area contributed by atoms with Gasteiger partial charge in [-0.25, -0.2) is 9.59 Å². The molecule has 0 fully saturated rings. The minimum Gasteiger partial charge on any atom is -0.457 e. The topological polar surface area (TPSA) is 103 Å². The first-order valence-electron chi connectivity index (χ1n) is 12.4. The molecule has 8 nitrogen and oxygen atoms in total. The van der Waals surface area contributed by atoms with Crippen LogP contribution in [-0.4, -0.2) is 30.6 Å². The van der Waals surface area contributed by atoms with Gasteiger partial charge >= 0.3 is 12.1 Å². The summed E-state index contributed by atoms with van der Waals surface area (Å²) in [5, 5.41) is 5.23. The molecular formula is C31H28N2O6. The number of nitrogens with one attached hydrogen (secondary N) is 2. The third-order valence-corrected chi connectivity index (χ3v) is 5.53. The monoisotopic (exact) mass is 524 g/mol. The van der Waals surface area contributed by atoms with Gasteiger partial charge in [-0.2, -0.15) is 0 Å². The fraction of sp³-hybridized carbons (Fsp3) is 0.129. The van der Waals surface area contributed by atoms with Gasteiger partial charge < -0.3 is 24.8 Å². The van der Waals surface area contributed by atoms with E-state index in [-0.39, 0.29) is 13.0 Å². The van der Waals surface area contributed by atoms with Crippen molar-refractivity contribution in [3.63, 3.8) is 0 Å². The van der Waals surface area contributed by atoms with Crippen molar-refractivity contribution in [3.05, 3.63) is 126 Å². The van der Waals surface area contributed by atoms with Gasteiger partial charge in [0.1, 0.15) is 24.1 Å². The molecule has 4 aromatic rings. The second-order valence-corrected chi connectivity index (χ2v) is 8.54. The minimum atomic E-state index is -1.04. The number of hydrogen-bond donors (Lipinski definition) is 2. The zero-order valence-corrected chi connectivity index (χ0v) is 21.1. The van der Waals surface area contributed by atoms with Crippen LogP contribution in [0.1, 0.15) is 11.1 Å². The predicted molar refractivity (Wildman–Crippen MR) is 146 cm³/mol. The maximum Gasteiger partial charge on any atom is 0.408 e. The highest BCUT2D eigenvalue weighted by atomic mass is 16.6. The van der Waals surface area contributed by atoms with Crippen molar-refractivity contribution in [2.75, 3.05) is 11.9 Å². The molecular weight excluding hydrogens is 496 g/mol. The summed E-state index contributed by atoms with van der Waals surface area (Å²) in [6.07, 6.45) is -0.594. The highest BCUT2D eigenvalue weighted by molar-refractivity contribution is 5.93. The number of rotatable bonds is 11. The SMILES string of the molecule is O=C(COC(=O)[C@H](Cc1ccccc1)NC(=O)OCc1ccccc1)Nc1ccc(Oc2ccccc2)cc1. The standard InChI is InChI=1S/C31H28N2O6/c34-29(32-25-16-18-27(19-17-25)39-26-14-8-3-9-15-26)22-37-30(35)28(20-23-10-4-1-5-11-23)33-31(36)38-21-24-12-6-2-7-13-24/h1-19,28H,20-22H2,(H,32,34)(H,33,36)/t28-/m0/s1. The normalized spacial score (nSPS) is 11.1. The van der Waals surface area contributed by atoms with Crippen molar-refractivity contribution in [2.24, 2.45) is 0 Å². The molecule has 8 heteroatoms. The highest BCUT2D eigenvalue weighted by Gasteiger charge is 2.24. The number of esters is 1. The fourth-order valence-corrected chi connectivity index (χ4v) is 3.62. The van der Waals surface area contributed by atoms with Gasteiger partial charge in [0.05, 0.1) is 0 Å². The van der Waals surface area contributed by atoms with Crippen LogP contribution in [0.3, 0.4) is 0 Å². The van der Waals surface area contributed by atoms with E-state index in [0.717, 1.165) is 11.1 Å². The van der Waals surface area contributed by atoms with E-state index in [1.54, 1.807) is 24.3 Å². The van der Waals surface area contributed by atoms with Crippen LogP contribution in [0, 0.1) is 0 Å². The Hall–Kier alpha value is -5.11. The number of benzene rings is 4. The number of ether oxygens (including phenoxy) is 3. The van der Waals surface area contributed by atoms with E-state index in [1.807, 2.05) is 91.0 Å². The largest absolute Gasteiger partial charge is 0.457 e. The molecule has 0 aliphatic heterocycles. The van der Waals surface area contributed by atoms with Crippen molar-refractivity contribution < 1.29 is 28.6 Å². The molecule has 0 bridgehead atoms. The number of amides is 2. The number of hydrogen-bond acceptors (Lipinski definition) is 6. The van der Waals surface area contributed by atoms with Gasteiger partial charge in [0.2, 0.25) is 0 Å². The lowest BCUT2D eigenvalue weighted by molar-refractivity contribution is -0.149. The molecule has 0 spiro atoms. The van der Waals surface area contributed by atoms with Crippen molar-refractivity contribution >= 4 is 23.7 Å². The molecule has 0 aliphatic carbocycles. The molecule has 39 heavy (non-hydrogen) atoms. The Morgan fingerprint density at radius 1 is 0.641 bits per heavy atom. The van der Waals surface area contributed by atoms with Crippen LogP contribution in [0.4, 0.5) is 10.5 Å². The van der Waals surface area contributed by atoms with E-state index in [4.69, 9.17) is 14.2 Å². The molecule has 1 atom stereocenters. The Labute approximate surface area is 226 Å². The first kappa shape index (κ1) is 26.9. The summed E-state index contributed by atoms with van der Waals surface area (Å²) >= 11 is 0. The molecule has 2 N–H and O–H groups in total. The van der Waals surface area contributed by atoms with E-state index >= 15 is 0 Å². The van der Waals surface area contributed by atoms with Gasteiger partial charge in [-0.05, 0) is 47.5 Å². The number of para-hydroxylation sites is 1. The van der Waals surface area contributed by atoms with E-state index in [1.165, 1.54) is 0 Å². The zero-order chi connectivity index (χ0) is 27.3. The quantitative estimate of drug-likeness (QED) is 0.251. The van der Waals surface area contributed by atoms with Crippen LogP contribution in [-0.2, 0) is 32.1 Å². The van der Waals surface area contributed by atoms with Crippen molar-refractivity contribution in [3.8, 4) is 11.5 Å². The number of anilines is 1. The Morgan fingerprint density at radius 2 is 1.21 bits per heavy atom. The van der Waals surface area contributed by atoms with Crippen LogP contribution in [0.25, 0.3) is 0 Å². The van der Waals surface area contributed by atoms with Crippen LogP contribution < -0.4 is 15.4 Å². The van der Waals surface area contributed by atoms with Gasteiger partial charge in [-0.3, -0.25) is 4.79 Å². The third kappa shape index (κ3) is 9.05.